The Morgan fingerprint density at radius 2 is 1.51 bits per heavy atom. The van der Waals surface area contributed by atoms with Crippen LogP contribution in [0.15, 0.2) is 112 Å². The lowest BCUT2D eigenvalue weighted by atomic mass is 9.80. The van der Waals surface area contributed by atoms with E-state index in [4.69, 9.17) is 9.44 Å². The zero-order chi connectivity index (χ0) is 46.3. The van der Waals surface area contributed by atoms with Gasteiger partial charge < -0.3 is 34.9 Å². The minimum Gasteiger partial charge on any atom is -0.479 e. The number of aromatic hydroxyl groups is 1. The SMILES string of the molecule is Cn1c(=O)c(C(=O)c2cccc(OS(=O)O)c2)c2c3c(c(Nc4cc(Nc5nc(O)nc(Nc6cccc(C(=O)O)c6)n5)c(S(=O)(=O)O)cc4SOOO)ccc31)C(=O)c1ccccc1-2. The molecule has 0 aliphatic heterocycles. The quantitative estimate of drug-likeness (QED) is 0.0146. The molecule has 0 radical (unpaired) electrons. The molecule has 0 spiro atoms. The number of hydrogen-bond donors (Lipinski definition) is 8. The second-order valence-electron chi connectivity index (χ2n) is 13.6. The first-order valence-corrected chi connectivity index (χ1v) is 21.4. The van der Waals surface area contributed by atoms with Gasteiger partial charge in [-0.3, -0.25) is 23.5 Å². The number of fused-ring (bicyclic) bond motifs is 2. The van der Waals surface area contributed by atoms with E-state index in [2.05, 4.69) is 40.3 Å². The Hall–Kier alpha value is -7.62. The molecule has 2 aromatic heterocycles. The van der Waals surface area contributed by atoms with Gasteiger partial charge >= 0.3 is 23.3 Å². The van der Waals surface area contributed by atoms with Crippen molar-refractivity contribution in [3.8, 4) is 22.9 Å². The van der Waals surface area contributed by atoms with E-state index in [1.807, 2.05) is 0 Å². The molecule has 330 valence electrons. The van der Waals surface area contributed by atoms with E-state index in [9.17, 15) is 51.1 Å². The van der Waals surface area contributed by atoms with E-state index in [0.29, 0.717) is 0 Å². The zero-order valence-electron chi connectivity index (χ0n) is 32.6. The number of ketones is 2. The van der Waals surface area contributed by atoms with Gasteiger partial charge in [0, 0.05) is 34.8 Å². The number of nitrogens with zero attached hydrogens (tertiary/aromatic N) is 4. The summed E-state index contributed by atoms with van der Waals surface area (Å²) in [5, 5.41) is 41.1. The summed E-state index contributed by atoms with van der Waals surface area (Å²) < 4.78 is 67.4. The number of carbonyl (C=O) groups is 3. The number of nitrogens with one attached hydrogen (secondary N) is 3. The molecule has 7 aromatic rings. The molecule has 8 rings (SSSR count). The zero-order valence-corrected chi connectivity index (χ0v) is 35.0. The second kappa shape index (κ2) is 17.5. The molecule has 1 unspecified atom stereocenters. The topological polar surface area (TPSA) is 328 Å². The smallest absolute Gasteiger partial charge is 0.357 e. The highest BCUT2D eigenvalue weighted by molar-refractivity contribution is 7.94. The van der Waals surface area contributed by atoms with Crippen LogP contribution in [0.25, 0.3) is 22.0 Å². The van der Waals surface area contributed by atoms with Crippen molar-refractivity contribution >= 4 is 96.6 Å². The van der Waals surface area contributed by atoms with Gasteiger partial charge in [-0.15, -0.1) is 4.33 Å². The normalized spacial score (nSPS) is 12.3. The van der Waals surface area contributed by atoms with Crippen molar-refractivity contribution in [1.82, 2.24) is 19.5 Å². The third kappa shape index (κ3) is 8.71. The number of carbonyl (C=O) groups excluding carboxylic acids is 2. The predicted octanol–water partition coefficient (Wildman–Crippen LogP) is 5.99. The predicted molar refractivity (Wildman–Crippen MR) is 231 cm³/mol. The number of pyridine rings is 1. The van der Waals surface area contributed by atoms with Crippen LogP contribution < -0.4 is 25.7 Å². The van der Waals surface area contributed by atoms with Crippen LogP contribution >= 0.6 is 12.0 Å². The number of rotatable bonds is 15. The standard InChI is InChI=1S/C40H27N7O15S3/c1-47-27-13-12-24(31-32(27)30(22-10-2-3-11-23(22)35(31)49)33(36(47)50)34(48)18-6-5-9-21(15-18)60-64(55)56)42-25-16-26(29(65(57,58)59)17-28(25)63-62-61-54)43-39-44-38(45-40(53)46-39)41-20-8-4-7-19(14-20)37(51)52/h2-17,42,54H,1H3,(H,51,52)(H,55,56)(H,57,58,59)(H3,41,43,44,45,46,53). The lowest BCUT2D eigenvalue weighted by molar-refractivity contribution is -0.432. The molecular weight excluding hydrogens is 915 g/mol. The largest absolute Gasteiger partial charge is 0.479 e. The number of anilines is 6. The van der Waals surface area contributed by atoms with Crippen molar-refractivity contribution in [2.45, 2.75) is 9.79 Å². The van der Waals surface area contributed by atoms with Crippen molar-refractivity contribution < 1.29 is 65.1 Å². The van der Waals surface area contributed by atoms with Gasteiger partial charge in [0.1, 0.15) is 10.6 Å². The molecule has 0 fully saturated rings. The molecule has 0 amide bonds. The molecule has 0 saturated carbocycles. The molecule has 65 heavy (non-hydrogen) atoms. The monoisotopic (exact) mass is 941 g/mol. The maximum atomic E-state index is 14.6. The van der Waals surface area contributed by atoms with Gasteiger partial charge in [-0.2, -0.15) is 27.6 Å². The number of carboxylic acid groups (broad SMARTS) is 1. The maximum Gasteiger partial charge on any atom is 0.357 e. The van der Waals surface area contributed by atoms with E-state index in [-0.39, 0.29) is 95.5 Å². The fourth-order valence-corrected chi connectivity index (χ4v) is 8.56. The number of aromatic carboxylic acids is 1. The maximum absolute atomic E-state index is 14.6. The first kappa shape index (κ1) is 44.0. The summed E-state index contributed by atoms with van der Waals surface area (Å²) in [6.45, 7) is 0. The molecule has 5 aromatic carbocycles. The molecule has 0 saturated heterocycles. The van der Waals surface area contributed by atoms with Crippen molar-refractivity contribution in [3.63, 3.8) is 0 Å². The first-order valence-electron chi connectivity index (χ1n) is 18.2. The van der Waals surface area contributed by atoms with E-state index in [1.165, 1.54) is 78.3 Å². The summed E-state index contributed by atoms with van der Waals surface area (Å²) in [6, 6.07) is 21.1. The third-order valence-corrected chi connectivity index (χ3v) is 11.6. The summed E-state index contributed by atoms with van der Waals surface area (Å²) in [7, 11) is -3.73. The molecule has 22 nitrogen and oxygen atoms in total. The average molecular weight is 942 g/mol. The molecule has 25 heteroatoms. The van der Waals surface area contributed by atoms with Gasteiger partial charge in [-0.25, -0.2) is 10.1 Å². The third-order valence-electron chi connectivity index (χ3n) is 9.74. The molecule has 0 bridgehead atoms. The average Bonchev–Trinajstić information content (AvgIpc) is 3.26. The van der Waals surface area contributed by atoms with Crippen LogP contribution in [0.2, 0.25) is 0 Å². The Balaban J connectivity index is 1.29. The Kier molecular flexibility index (Phi) is 11.9. The minimum atomic E-state index is -5.13. The Morgan fingerprint density at radius 3 is 2.22 bits per heavy atom. The molecule has 1 aliphatic carbocycles. The van der Waals surface area contributed by atoms with Crippen LogP contribution in [-0.4, -0.2) is 74.3 Å². The van der Waals surface area contributed by atoms with Crippen LogP contribution in [0.3, 0.4) is 0 Å². The van der Waals surface area contributed by atoms with Crippen molar-refractivity contribution in [1.29, 1.82) is 0 Å². The Bertz CT molecular complexity index is 3370. The fraction of sp³-hybridized carbons (Fsp3) is 0.0250. The molecule has 1 aliphatic rings. The van der Waals surface area contributed by atoms with Crippen molar-refractivity contribution in [3.05, 3.63) is 135 Å². The summed E-state index contributed by atoms with van der Waals surface area (Å²) in [6.07, 6.45) is 0. The molecule has 2 heterocycles. The van der Waals surface area contributed by atoms with Gasteiger partial charge in [0.2, 0.25) is 11.9 Å². The van der Waals surface area contributed by atoms with Crippen molar-refractivity contribution in [2.75, 3.05) is 16.0 Å². The van der Waals surface area contributed by atoms with Crippen molar-refractivity contribution in [2.24, 2.45) is 7.05 Å². The van der Waals surface area contributed by atoms with Crippen LogP contribution in [0.5, 0.6) is 11.8 Å². The number of carboxylic acids is 1. The highest BCUT2D eigenvalue weighted by Gasteiger charge is 2.34. The summed E-state index contributed by atoms with van der Waals surface area (Å²) in [5.41, 5.74) is -0.972. The molecule has 8 N–H and O–H groups in total. The number of aryl methyl sites for hydroxylation is 1. The van der Waals surface area contributed by atoms with Gasteiger partial charge in [-0.1, -0.05) is 47.5 Å². The van der Waals surface area contributed by atoms with Gasteiger partial charge in [0.05, 0.1) is 56.2 Å². The summed E-state index contributed by atoms with van der Waals surface area (Å²) >= 11 is -2.46. The van der Waals surface area contributed by atoms with E-state index in [0.717, 1.165) is 12.1 Å². The molecule has 1 atom stereocenters. The van der Waals surface area contributed by atoms with Gasteiger partial charge in [-0.05, 0) is 60.2 Å². The number of aromatic nitrogens is 4. The van der Waals surface area contributed by atoms with Crippen LogP contribution in [-0.2, 0) is 37.9 Å². The second-order valence-corrected chi connectivity index (χ2v) is 16.4. The fourth-order valence-electron chi connectivity index (χ4n) is 7.09. The summed E-state index contributed by atoms with van der Waals surface area (Å²) in [4.78, 5) is 65.4. The Morgan fingerprint density at radius 1 is 0.800 bits per heavy atom. The van der Waals surface area contributed by atoms with E-state index >= 15 is 0 Å². The molecular formula is C40H27N7O15S3. The summed E-state index contributed by atoms with van der Waals surface area (Å²) in [5.74, 6) is -3.55. The first-order chi connectivity index (χ1) is 31.0. The van der Waals surface area contributed by atoms with Crippen LogP contribution in [0.4, 0.5) is 34.6 Å². The van der Waals surface area contributed by atoms with Gasteiger partial charge in [0.15, 0.2) is 11.6 Å². The Labute approximate surface area is 370 Å². The van der Waals surface area contributed by atoms with Gasteiger partial charge in [0.25, 0.3) is 15.7 Å². The van der Waals surface area contributed by atoms with E-state index in [1.54, 1.807) is 18.2 Å². The minimum absolute atomic E-state index is 0.0290. The lowest BCUT2D eigenvalue weighted by Gasteiger charge is -2.26. The number of hydrogen-bond acceptors (Lipinski definition) is 19. The number of benzene rings is 5. The van der Waals surface area contributed by atoms with Crippen LogP contribution in [0.1, 0.15) is 42.2 Å². The van der Waals surface area contributed by atoms with E-state index < -0.39 is 67.1 Å². The highest BCUT2D eigenvalue weighted by atomic mass is 32.2. The highest BCUT2D eigenvalue weighted by Crippen LogP contribution is 2.46. The van der Waals surface area contributed by atoms with Crippen LogP contribution in [0, 0.1) is 0 Å². The lowest BCUT2D eigenvalue weighted by Crippen LogP contribution is -2.29.